The van der Waals surface area contributed by atoms with E-state index in [1.807, 2.05) is 4.90 Å². The number of hydrogen-bond acceptors (Lipinski definition) is 6. The van der Waals surface area contributed by atoms with E-state index < -0.39 is 21.8 Å². The number of nitrogens with zero attached hydrogens (tertiary/aromatic N) is 2. The SMILES string of the molecule is CS(=O)(=O)c1ccc2nc(N3CCCCC3C(=O)O)sc2c1. The zero-order valence-corrected chi connectivity index (χ0v) is 13.7. The number of carboxylic acid groups (broad SMARTS) is 1. The molecule has 0 spiro atoms. The van der Waals surface area contributed by atoms with Crippen LogP contribution in [0.3, 0.4) is 0 Å². The Morgan fingerprint density at radius 2 is 2.18 bits per heavy atom. The molecule has 6 nitrogen and oxygen atoms in total. The molecule has 1 aromatic heterocycles. The van der Waals surface area contributed by atoms with Gasteiger partial charge in [-0.3, -0.25) is 0 Å². The van der Waals surface area contributed by atoms with Crippen molar-refractivity contribution in [2.24, 2.45) is 0 Å². The van der Waals surface area contributed by atoms with Gasteiger partial charge in [0.15, 0.2) is 15.0 Å². The standard InChI is InChI=1S/C14H16N2O4S2/c1-22(19,20)9-5-6-10-12(8-9)21-14(15-10)16-7-3-2-4-11(16)13(17)18/h5-6,8,11H,2-4,7H2,1H3,(H,17,18). The van der Waals surface area contributed by atoms with Gasteiger partial charge in [0.2, 0.25) is 0 Å². The van der Waals surface area contributed by atoms with Crippen molar-refractivity contribution in [2.45, 2.75) is 30.2 Å². The Bertz CT molecular complexity index is 828. The first kappa shape index (κ1) is 15.2. The molecule has 2 aromatic rings. The lowest BCUT2D eigenvalue weighted by atomic mass is 10.0. The molecule has 1 aliphatic heterocycles. The first-order valence-corrected chi connectivity index (χ1v) is 9.67. The molecule has 1 N–H and O–H groups in total. The number of carboxylic acids is 1. The van der Waals surface area contributed by atoms with Crippen LogP contribution in [0.1, 0.15) is 19.3 Å². The molecule has 0 radical (unpaired) electrons. The smallest absolute Gasteiger partial charge is 0.326 e. The topological polar surface area (TPSA) is 87.6 Å². The summed E-state index contributed by atoms with van der Waals surface area (Å²) in [5.41, 5.74) is 0.696. The minimum Gasteiger partial charge on any atom is -0.480 e. The van der Waals surface area contributed by atoms with Gasteiger partial charge in [0, 0.05) is 12.8 Å². The average molecular weight is 340 g/mol. The number of piperidine rings is 1. The summed E-state index contributed by atoms with van der Waals surface area (Å²) in [5, 5.41) is 10.00. The molecule has 0 aliphatic carbocycles. The van der Waals surface area contributed by atoms with E-state index in [1.165, 1.54) is 23.7 Å². The number of anilines is 1. The van der Waals surface area contributed by atoms with E-state index in [1.54, 1.807) is 12.1 Å². The maximum atomic E-state index is 11.6. The zero-order chi connectivity index (χ0) is 15.9. The van der Waals surface area contributed by atoms with Gasteiger partial charge in [0.05, 0.1) is 15.1 Å². The van der Waals surface area contributed by atoms with Gasteiger partial charge in [-0.2, -0.15) is 0 Å². The molecule has 8 heteroatoms. The zero-order valence-electron chi connectivity index (χ0n) is 12.0. The van der Waals surface area contributed by atoms with Crippen LogP contribution in [0.15, 0.2) is 23.1 Å². The quantitative estimate of drug-likeness (QED) is 0.921. The highest BCUT2D eigenvalue weighted by molar-refractivity contribution is 7.90. The lowest BCUT2D eigenvalue weighted by molar-refractivity contribution is -0.139. The van der Waals surface area contributed by atoms with Crippen LogP contribution >= 0.6 is 11.3 Å². The fourth-order valence-electron chi connectivity index (χ4n) is 2.66. The van der Waals surface area contributed by atoms with Crippen LogP contribution in [0, 0.1) is 0 Å². The van der Waals surface area contributed by atoms with Crippen LogP contribution in [0.2, 0.25) is 0 Å². The van der Waals surface area contributed by atoms with E-state index in [0.717, 1.165) is 17.5 Å². The Labute approximate surface area is 132 Å². The first-order chi connectivity index (χ1) is 10.4. The van der Waals surface area contributed by atoms with Crippen LogP contribution in [0.5, 0.6) is 0 Å². The fourth-order valence-corrected chi connectivity index (χ4v) is 4.47. The number of carbonyl (C=O) groups is 1. The van der Waals surface area contributed by atoms with Crippen molar-refractivity contribution in [2.75, 3.05) is 17.7 Å². The number of aromatic nitrogens is 1. The third kappa shape index (κ3) is 2.80. The number of thiazole rings is 1. The van der Waals surface area contributed by atoms with Crippen LogP contribution in [-0.2, 0) is 14.6 Å². The van der Waals surface area contributed by atoms with Crippen molar-refractivity contribution in [3.8, 4) is 0 Å². The van der Waals surface area contributed by atoms with Gasteiger partial charge in [-0.1, -0.05) is 11.3 Å². The normalized spacial score (nSPS) is 19.5. The van der Waals surface area contributed by atoms with Gasteiger partial charge >= 0.3 is 5.97 Å². The Morgan fingerprint density at radius 3 is 2.86 bits per heavy atom. The van der Waals surface area contributed by atoms with Crippen LogP contribution in [-0.4, -0.2) is 43.3 Å². The van der Waals surface area contributed by atoms with Crippen molar-refractivity contribution in [3.05, 3.63) is 18.2 Å². The molecule has 2 heterocycles. The van der Waals surface area contributed by atoms with Crippen molar-refractivity contribution in [1.29, 1.82) is 0 Å². The van der Waals surface area contributed by atoms with Gasteiger partial charge in [0.1, 0.15) is 6.04 Å². The largest absolute Gasteiger partial charge is 0.480 e. The van der Waals surface area contributed by atoms with Crippen molar-refractivity contribution in [3.63, 3.8) is 0 Å². The Kier molecular flexibility index (Phi) is 3.82. The minimum absolute atomic E-state index is 0.253. The van der Waals surface area contributed by atoms with Crippen LogP contribution < -0.4 is 4.90 Å². The lowest BCUT2D eigenvalue weighted by Crippen LogP contribution is -2.44. The molecular weight excluding hydrogens is 324 g/mol. The lowest BCUT2D eigenvalue weighted by Gasteiger charge is -2.32. The molecule has 0 bridgehead atoms. The molecule has 1 saturated heterocycles. The Morgan fingerprint density at radius 1 is 1.41 bits per heavy atom. The molecule has 1 aliphatic rings. The summed E-state index contributed by atoms with van der Waals surface area (Å²) in [6.07, 6.45) is 3.62. The average Bonchev–Trinajstić information content (AvgIpc) is 2.89. The maximum Gasteiger partial charge on any atom is 0.326 e. The van der Waals surface area contributed by atoms with E-state index >= 15 is 0 Å². The molecule has 22 heavy (non-hydrogen) atoms. The molecule has 1 aromatic carbocycles. The Hall–Kier alpha value is -1.67. The van der Waals surface area contributed by atoms with Gasteiger partial charge in [-0.25, -0.2) is 18.2 Å². The van der Waals surface area contributed by atoms with Gasteiger partial charge in [-0.15, -0.1) is 0 Å². The number of rotatable bonds is 3. The number of fused-ring (bicyclic) bond motifs is 1. The van der Waals surface area contributed by atoms with E-state index in [4.69, 9.17) is 0 Å². The monoisotopic (exact) mass is 340 g/mol. The molecule has 1 atom stereocenters. The summed E-state index contributed by atoms with van der Waals surface area (Å²) in [7, 11) is -3.26. The summed E-state index contributed by atoms with van der Waals surface area (Å²) in [5.74, 6) is -0.837. The molecular formula is C14H16N2O4S2. The summed E-state index contributed by atoms with van der Waals surface area (Å²) in [4.78, 5) is 17.9. The van der Waals surface area contributed by atoms with Gasteiger partial charge in [0.25, 0.3) is 0 Å². The number of aliphatic carboxylic acids is 1. The van der Waals surface area contributed by atoms with E-state index in [0.29, 0.717) is 23.6 Å². The fraction of sp³-hybridized carbons (Fsp3) is 0.429. The van der Waals surface area contributed by atoms with Crippen molar-refractivity contribution in [1.82, 2.24) is 4.98 Å². The molecule has 3 rings (SSSR count). The van der Waals surface area contributed by atoms with E-state index in [9.17, 15) is 18.3 Å². The number of sulfone groups is 1. The molecule has 0 saturated carbocycles. The summed E-state index contributed by atoms with van der Waals surface area (Å²) < 4.78 is 24.0. The summed E-state index contributed by atoms with van der Waals surface area (Å²) >= 11 is 1.34. The van der Waals surface area contributed by atoms with E-state index in [-0.39, 0.29) is 4.90 Å². The third-order valence-electron chi connectivity index (χ3n) is 3.81. The summed E-state index contributed by atoms with van der Waals surface area (Å²) in [6.45, 7) is 0.662. The van der Waals surface area contributed by atoms with Crippen LogP contribution in [0.25, 0.3) is 10.2 Å². The van der Waals surface area contributed by atoms with Gasteiger partial charge in [-0.05, 0) is 37.5 Å². The summed E-state index contributed by atoms with van der Waals surface area (Å²) in [6, 6.07) is 4.26. The molecule has 0 amide bonds. The predicted molar refractivity (Wildman–Crippen MR) is 85.4 cm³/mol. The number of benzene rings is 1. The highest BCUT2D eigenvalue weighted by Crippen LogP contribution is 2.33. The first-order valence-electron chi connectivity index (χ1n) is 6.96. The second-order valence-corrected chi connectivity index (χ2v) is 8.47. The van der Waals surface area contributed by atoms with Gasteiger partial charge < -0.3 is 10.0 Å². The highest BCUT2D eigenvalue weighted by Gasteiger charge is 2.30. The van der Waals surface area contributed by atoms with E-state index in [2.05, 4.69) is 4.98 Å². The second-order valence-electron chi connectivity index (χ2n) is 5.44. The minimum atomic E-state index is -3.26. The Balaban J connectivity index is 2.02. The number of hydrogen-bond donors (Lipinski definition) is 1. The predicted octanol–water partition coefficient (Wildman–Crippen LogP) is 2.14. The third-order valence-corrected chi connectivity index (χ3v) is 5.98. The van der Waals surface area contributed by atoms with Crippen LogP contribution in [0.4, 0.5) is 5.13 Å². The maximum absolute atomic E-state index is 11.6. The molecule has 1 fully saturated rings. The highest BCUT2D eigenvalue weighted by atomic mass is 32.2. The molecule has 1 unspecified atom stereocenters. The second kappa shape index (κ2) is 5.51. The van der Waals surface area contributed by atoms with Crippen molar-refractivity contribution >= 4 is 42.5 Å². The molecule has 118 valence electrons. The van der Waals surface area contributed by atoms with Crippen molar-refractivity contribution < 1.29 is 18.3 Å².